The summed E-state index contributed by atoms with van der Waals surface area (Å²) in [4.78, 5) is 0. The average Bonchev–Trinajstić information content (AvgIpc) is 2.86. The van der Waals surface area contributed by atoms with Crippen molar-refractivity contribution >= 4 is 18.7 Å². The summed E-state index contributed by atoms with van der Waals surface area (Å²) < 4.78 is 23.9. The van der Waals surface area contributed by atoms with Crippen molar-refractivity contribution in [3.8, 4) is 0 Å². The predicted octanol–water partition coefficient (Wildman–Crippen LogP) is 4.70. The Bertz CT molecular complexity index is 842. The summed E-state index contributed by atoms with van der Waals surface area (Å²) in [5, 5.41) is 13.4. The number of hydrogen-bond acceptors (Lipinski definition) is 5. The predicted molar refractivity (Wildman–Crippen MR) is 150 cm³/mol. The maximum atomic E-state index is 11.2. The lowest BCUT2D eigenvalue weighted by Crippen LogP contribution is -2.67. The molecule has 0 bridgehead atoms. The Hall–Kier alpha value is -2.06. The van der Waals surface area contributed by atoms with Crippen molar-refractivity contribution in [2.45, 2.75) is 50.9 Å². The maximum absolute atomic E-state index is 11.2. The van der Waals surface area contributed by atoms with Gasteiger partial charge in [-0.05, 0) is 28.3 Å². The van der Waals surface area contributed by atoms with E-state index in [0.29, 0.717) is 32.7 Å². The highest BCUT2D eigenvalue weighted by Crippen LogP contribution is 2.37. The summed E-state index contributed by atoms with van der Waals surface area (Å²) in [7, 11) is -1.13. The Labute approximate surface area is 218 Å². The lowest BCUT2D eigenvalue weighted by Gasteiger charge is -2.44. The second-order valence-corrected chi connectivity index (χ2v) is 14.3. The van der Waals surface area contributed by atoms with E-state index in [9.17, 15) is 5.11 Å². The summed E-state index contributed by atoms with van der Waals surface area (Å²) >= 11 is 0. The standard InChI is InChI=1S/C30H44O5Si/c1-7-15-28(31)27(29(16-8-2)34-24-33-22-21-32-6)23-35-36(30(3,4)5,25-17-11-9-12-18-25)26-19-13-10-14-20-26/h7-14,17-20,27-29,31H,1-2,15-16,21-24H2,3-6H3/t27-,28-,29+/m1/s1. The minimum absolute atomic E-state index is 0.110. The first-order chi connectivity index (χ1) is 17.3. The van der Waals surface area contributed by atoms with Crippen LogP contribution in [0, 0.1) is 5.92 Å². The molecular formula is C30H44O5Si. The number of ether oxygens (including phenoxy) is 3. The SMILES string of the molecule is C=CC[C@@H](O)[C@@H](CO[Si](c1ccccc1)(c1ccccc1)C(C)(C)C)[C@H](CC=C)OCOCCOC. The maximum Gasteiger partial charge on any atom is 0.261 e. The number of benzene rings is 2. The average molecular weight is 513 g/mol. The molecule has 0 aliphatic rings. The summed E-state index contributed by atoms with van der Waals surface area (Å²) in [6, 6.07) is 21.0. The fraction of sp³-hybridized carbons (Fsp3) is 0.467. The third-order valence-corrected chi connectivity index (χ3v) is 11.5. The molecule has 0 aliphatic carbocycles. The Morgan fingerprint density at radius 3 is 1.92 bits per heavy atom. The molecule has 1 N–H and O–H groups in total. The van der Waals surface area contributed by atoms with Crippen molar-refractivity contribution in [2.75, 3.05) is 33.7 Å². The van der Waals surface area contributed by atoms with E-state index in [0.717, 1.165) is 0 Å². The molecule has 0 unspecified atom stereocenters. The van der Waals surface area contributed by atoms with E-state index in [2.05, 4.69) is 82.5 Å². The molecule has 0 radical (unpaired) electrons. The molecule has 2 rings (SSSR count). The van der Waals surface area contributed by atoms with Gasteiger partial charge in [0.1, 0.15) is 6.79 Å². The van der Waals surface area contributed by atoms with Gasteiger partial charge in [-0.2, -0.15) is 0 Å². The quantitative estimate of drug-likeness (QED) is 0.144. The zero-order chi connectivity index (χ0) is 26.4. The van der Waals surface area contributed by atoms with Crippen LogP contribution in [0.2, 0.25) is 5.04 Å². The molecule has 0 aromatic heterocycles. The van der Waals surface area contributed by atoms with Gasteiger partial charge in [-0.1, -0.05) is 93.6 Å². The monoisotopic (exact) mass is 512 g/mol. The van der Waals surface area contributed by atoms with Crippen LogP contribution >= 0.6 is 0 Å². The van der Waals surface area contributed by atoms with E-state index in [1.165, 1.54) is 10.4 Å². The van der Waals surface area contributed by atoms with Crippen LogP contribution in [0.1, 0.15) is 33.6 Å². The number of rotatable bonds is 17. The van der Waals surface area contributed by atoms with E-state index in [4.69, 9.17) is 18.6 Å². The molecule has 0 saturated heterocycles. The Morgan fingerprint density at radius 2 is 1.44 bits per heavy atom. The summed E-state index contributed by atoms with van der Waals surface area (Å²) in [6.45, 7) is 15.9. The second-order valence-electron chi connectivity index (χ2n) is 9.98. The van der Waals surface area contributed by atoms with Crippen molar-refractivity contribution in [3.63, 3.8) is 0 Å². The van der Waals surface area contributed by atoms with Crippen LogP contribution in [0.4, 0.5) is 0 Å². The van der Waals surface area contributed by atoms with Crippen LogP contribution in [-0.4, -0.2) is 59.4 Å². The highest BCUT2D eigenvalue weighted by Gasteiger charge is 2.50. The van der Waals surface area contributed by atoms with Crippen molar-refractivity contribution < 1.29 is 23.7 Å². The van der Waals surface area contributed by atoms with Gasteiger partial charge >= 0.3 is 0 Å². The third-order valence-electron chi connectivity index (χ3n) is 6.49. The summed E-state index contributed by atoms with van der Waals surface area (Å²) in [5.41, 5.74) is 0. The zero-order valence-corrected chi connectivity index (χ0v) is 23.4. The molecule has 5 nitrogen and oxygen atoms in total. The molecule has 0 amide bonds. The van der Waals surface area contributed by atoms with E-state index < -0.39 is 14.4 Å². The summed E-state index contributed by atoms with van der Waals surface area (Å²) in [6.07, 6.45) is 3.56. The van der Waals surface area contributed by atoms with E-state index >= 15 is 0 Å². The first-order valence-corrected chi connectivity index (χ1v) is 14.6. The molecule has 0 saturated carbocycles. The van der Waals surface area contributed by atoms with Gasteiger partial charge in [0.05, 0.1) is 25.4 Å². The molecule has 3 atom stereocenters. The van der Waals surface area contributed by atoms with E-state index in [1.807, 2.05) is 18.2 Å². The lowest BCUT2D eigenvalue weighted by molar-refractivity contribution is -0.131. The lowest BCUT2D eigenvalue weighted by atomic mass is 9.92. The second kappa shape index (κ2) is 15.2. The fourth-order valence-corrected chi connectivity index (χ4v) is 9.26. The van der Waals surface area contributed by atoms with Crippen LogP contribution in [0.15, 0.2) is 86.0 Å². The number of hydrogen-bond donors (Lipinski definition) is 1. The molecule has 198 valence electrons. The minimum atomic E-state index is -2.76. The molecular weight excluding hydrogens is 468 g/mol. The van der Waals surface area contributed by atoms with E-state index in [-0.39, 0.29) is 23.9 Å². The number of aliphatic hydroxyl groups excluding tert-OH is 1. The molecule has 36 heavy (non-hydrogen) atoms. The smallest absolute Gasteiger partial charge is 0.261 e. The molecule has 0 aliphatic heterocycles. The van der Waals surface area contributed by atoms with Gasteiger partial charge in [0.2, 0.25) is 0 Å². The van der Waals surface area contributed by atoms with Gasteiger partial charge in [0.25, 0.3) is 8.32 Å². The van der Waals surface area contributed by atoms with Crippen LogP contribution in [0.5, 0.6) is 0 Å². The Kier molecular flexibility index (Phi) is 12.8. The Balaban J connectivity index is 2.44. The molecule has 0 fully saturated rings. The van der Waals surface area contributed by atoms with Crippen molar-refractivity contribution in [1.82, 2.24) is 0 Å². The van der Waals surface area contributed by atoms with Crippen molar-refractivity contribution in [1.29, 1.82) is 0 Å². The van der Waals surface area contributed by atoms with Gasteiger partial charge in [0, 0.05) is 19.6 Å². The first-order valence-electron chi connectivity index (χ1n) is 12.6. The third kappa shape index (κ3) is 7.97. The number of aliphatic hydroxyl groups is 1. The molecule has 0 spiro atoms. The van der Waals surface area contributed by atoms with Crippen LogP contribution < -0.4 is 10.4 Å². The minimum Gasteiger partial charge on any atom is -0.407 e. The fourth-order valence-electron chi connectivity index (χ4n) is 4.66. The van der Waals surface area contributed by atoms with Crippen LogP contribution in [0.25, 0.3) is 0 Å². The topological polar surface area (TPSA) is 57.2 Å². The molecule has 6 heteroatoms. The van der Waals surface area contributed by atoms with E-state index in [1.54, 1.807) is 13.2 Å². The number of methoxy groups -OCH3 is 1. The normalized spacial score (nSPS) is 14.7. The van der Waals surface area contributed by atoms with Crippen LogP contribution in [0.3, 0.4) is 0 Å². The first kappa shape index (κ1) is 30.2. The highest BCUT2D eigenvalue weighted by atomic mass is 28.4. The largest absolute Gasteiger partial charge is 0.407 e. The molecule has 2 aromatic rings. The molecule has 2 aromatic carbocycles. The Morgan fingerprint density at radius 1 is 0.889 bits per heavy atom. The van der Waals surface area contributed by atoms with Crippen LogP contribution in [-0.2, 0) is 18.6 Å². The summed E-state index contributed by atoms with van der Waals surface area (Å²) in [5.74, 6) is -0.298. The van der Waals surface area contributed by atoms with Crippen molar-refractivity contribution in [3.05, 3.63) is 86.0 Å². The van der Waals surface area contributed by atoms with Gasteiger partial charge in [-0.15, -0.1) is 13.2 Å². The van der Waals surface area contributed by atoms with Crippen molar-refractivity contribution in [2.24, 2.45) is 5.92 Å². The molecule has 0 heterocycles. The highest BCUT2D eigenvalue weighted by molar-refractivity contribution is 6.99. The zero-order valence-electron chi connectivity index (χ0n) is 22.4. The van der Waals surface area contributed by atoms with Gasteiger partial charge in [-0.3, -0.25) is 0 Å². The van der Waals surface area contributed by atoms with Gasteiger partial charge < -0.3 is 23.7 Å². The van der Waals surface area contributed by atoms with Gasteiger partial charge in [0.15, 0.2) is 0 Å². The van der Waals surface area contributed by atoms with Gasteiger partial charge in [-0.25, -0.2) is 0 Å².